The van der Waals surface area contributed by atoms with Gasteiger partial charge in [0.25, 0.3) is 0 Å². The molecule has 1 N–H and O–H groups in total. The van der Waals surface area contributed by atoms with Crippen LogP contribution in [0.1, 0.15) is 30.0 Å². The molecule has 0 spiro atoms. The van der Waals surface area contributed by atoms with Crippen LogP contribution in [-0.4, -0.2) is 54.4 Å². The molecule has 4 rings (SSSR count). The second-order valence-electron chi connectivity index (χ2n) is 9.10. The molecule has 0 fully saturated rings. The van der Waals surface area contributed by atoms with Gasteiger partial charge in [0, 0.05) is 0 Å². The maximum Gasteiger partial charge on any atom is 0.308 e. The van der Waals surface area contributed by atoms with Crippen molar-refractivity contribution in [2.45, 2.75) is 57.6 Å². The Hall–Kier alpha value is -3.36. The molecule has 0 saturated heterocycles. The van der Waals surface area contributed by atoms with Crippen molar-refractivity contribution in [2.24, 2.45) is 4.99 Å². The molecule has 7 nitrogen and oxygen atoms in total. The molecule has 1 aliphatic rings. The van der Waals surface area contributed by atoms with Crippen molar-refractivity contribution in [1.82, 2.24) is 0 Å². The zero-order valence-corrected chi connectivity index (χ0v) is 21.6. The lowest BCUT2D eigenvalue weighted by Gasteiger charge is -2.38. The predicted octanol–water partition coefficient (Wildman–Crippen LogP) is 4.51. The van der Waals surface area contributed by atoms with E-state index in [1.807, 2.05) is 91.0 Å². The number of carbonyl (C=O) groups excluding carboxylic acids is 1. The maximum atomic E-state index is 12.2. The molecule has 1 aliphatic heterocycles. The van der Waals surface area contributed by atoms with Crippen LogP contribution in [0.3, 0.4) is 0 Å². The molecule has 0 aromatic heterocycles. The highest BCUT2D eigenvalue weighted by atomic mass is 16.6. The van der Waals surface area contributed by atoms with Gasteiger partial charge in [-0.05, 0) is 23.6 Å². The number of hydrogen-bond donors (Lipinski definition) is 1. The Morgan fingerprint density at radius 3 is 1.84 bits per heavy atom. The van der Waals surface area contributed by atoms with Gasteiger partial charge >= 0.3 is 5.97 Å². The van der Waals surface area contributed by atoms with Crippen molar-refractivity contribution in [3.63, 3.8) is 0 Å². The first-order valence-corrected chi connectivity index (χ1v) is 13.0. The topological polar surface area (TPSA) is 86.6 Å². The summed E-state index contributed by atoms with van der Waals surface area (Å²) in [5.41, 5.74) is 3.38. The third-order valence-electron chi connectivity index (χ3n) is 6.28. The normalized spacial score (nSPS) is 19.9. The number of carbonyl (C=O) groups is 1. The lowest BCUT2D eigenvalue weighted by Crippen LogP contribution is -2.54. The molecule has 1 heterocycles. The highest BCUT2D eigenvalue weighted by Gasteiger charge is 2.42. The summed E-state index contributed by atoms with van der Waals surface area (Å²) < 4.78 is 24.2. The fraction of sp³-hybridized carbons (Fsp3) is 0.355. The molecule has 0 aliphatic carbocycles. The summed E-state index contributed by atoms with van der Waals surface area (Å²) in [5, 5.41) is 11.0. The van der Waals surface area contributed by atoms with Gasteiger partial charge in [-0.2, -0.15) is 0 Å². The molecule has 4 atom stereocenters. The zero-order chi connectivity index (χ0) is 26.6. The average molecular weight is 518 g/mol. The van der Waals surface area contributed by atoms with E-state index in [0.29, 0.717) is 18.9 Å². The van der Waals surface area contributed by atoms with Crippen LogP contribution in [0.2, 0.25) is 0 Å². The predicted molar refractivity (Wildman–Crippen MR) is 145 cm³/mol. The summed E-state index contributed by atoms with van der Waals surface area (Å²) in [6.45, 7) is 3.25. The number of aliphatic hydroxyl groups excluding tert-OH is 1. The smallest absolute Gasteiger partial charge is 0.308 e. The van der Waals surface area contributed by atoms with E-state index in [2.05, 4.69) is 4.99 Å². The lowest BCUT2D eigenvalue weighted by molar-refractivity contribution is -0.145. The third kappa shape index (κ3) is 8.07. The quantitative estimate of drug-likeness (QED) is 0.336. The zero-order valence-electron chi connectivity index (χ0n) is 21.6. The molecule has 3 aromatic carbocycles. The van der Waals surface area contributed by atoms with E-state index in [-0.39, 0.29) is 26.2 Å². The molecule has 0 unspecified atom stereocenters. The van der Waals surface area contributed by atoms with Crippen molar-refractivity contribution in [3.05, 3.63) is 108 Å². The summed E-state index contributed by atoms with van der Waals surface area (Å²) in [7, 11) is 0. The van der Waals surface area contributed by atoms with Crippen molar-refractivity contribution in [1.29, 1.82) is 0 Å². The van der Waals surface area contributed by atoms with Gasteiger partial charge in [0.2, 0.25) is 0 Å². The molecular weight excluding hydrogens is 482 g/mol. The third-order valence-corrected chi connectivity index (χ3v) is 6.28. The summed E-state index contributed by atoms with van der Waals surface area (Å²) in [6.07, 6.45) is -3.07. The molecule has 38 heavy (non-hydrogen) atoms. The minimum absolute atomic E-state index is 0.210. The van der Waals surface area contributed by atoms with Crippen molar-refractivity contribution in [2.75, 3.05) is 13.2 Å². The lowest BCUT2D eigenvalue weighted by atomic mass is 9.94. The van der Waals surface area contributed by atoms with Gasteiger partial charge in [0.05, 0.1) is 45.1 Å². The van der Waals surface area contributed by atoms with E-state index in [1.54, 1.807) is 6.92 Å². The molecule has 7 heteroatoms. The highest BCUT2D eigenvalue weighted by Crippen LogP contribution is 2.25. The number of aliphatic hydroxyl groups is 1. The minimum Gasteiger partial charge on any atom is -0.466 e. The van der Waals surface area contributed by atoms with Crippen molar-refractivity contribution < 1.29 is 28.8 Å². The number of ether oxygens (including phenoxy) is 4. The maximum absolute atomic E-state index is 12.2. The summed E-state index contributed by atoms with van der Waals surface area (Å²) in [6, 6.07) is 29.5. The second-order valence-corrected chi connectivity index (χ2v) is 9.10. The SMILES string of the molecule is CCOC(=O)C[C@H](O)C1=NC[C@H](OCc2ccccc2)[C@@H](OCc2ccccc2)[C@@H]1OCc1ccccc1. The number of benzene rings is 3. The van der Waals surface area contributed by atoms with Gasteiger partial charge < -0.3 is 24.1 Å². The van der Waals surface area contributed by atoms with Gasteiger partial charge in [-0.3, -0.25) is 9.79 Å². The van der Waals surface area contributed by atoms with Gasteiger partial charge in [-0.1, -0.05) is 91.0 Å². The number of esters is 1. The van der Waals surface area contributed by atoms with Gasteiger partial charge in [0.1, 0.15) is 24.4 Å². The molecular formula is C31H35NO6. The monoisotopic (exact) mass is 517 g/mol. The van der Waals surface area contributed by atoms with Crippen LogP contribution < -0.4 is 0 Å². The first-order valence-electron chi connectivity index (χ1n) is 13.0. The van der Waals surface area contributed by atoms with Gasteiger partial charge in [-0.25, -0.2) is 0 Å². The van der Waals surface area contributed by atoms with E-state index < -0.39 is 30.4 Å². The Morgan fingerprint density at radius 2 is 1.32 bits per heavy atom. The molecule has 0 saturated carbocycles. The second kappa shape index (κ2) is 14.5. The number of hydrogen-bond acceptors (Lipinski definition) is 7. The Bertz CT molecular complexity index is 1140. The van der Waals surface area contributed by atoms with Gasteiger partial charge in [0.15, 0.2) is 0 Å². The first kappa shape index (κ1) is 27.7. The standard InChI is InChI=1S/C31H35NO6/c1-2-35-28(34)18-26(33)29-31(38-22-25-16-10-5-11-17-25)30(37-21-24-14-8-4-9-15-24)27(19-32-29)36-20-23-12-6-3-7-13-23/h3-17,26-27,30-31,33H,2,18-22H2,1H3/t26-,27-,30+,31+/m0/s1. The van der Waals surface area contributed by atoms with E-state index in [4.69, 9.17) is 18.9 Å². The Labute approximate surface area is 224 Å². The Balaban J connectivity index is 1.58. The van der Waals surface area contributed by atoms with E-state index in [1.165, 1.54) is 0 Å². The van der Waals surface area contributed by atoms with Crippen LogP contribution in [0.15, 0.2) is 96.0 Å². The molecule has 0 bridgehead atoms. The van der Waals surface area contributed by atoms with Crippen molar-refractivity contribution in [3.8, 4) is 0 Å². The highest BCUT2D eigenvalue weighted by molar-refractivity contribution is 5.96. The Kier molecular flexibility index (Phi) is 10.6. The van der Waals surface area contributed by atoms with Crippen LogP contribution in [-0.2, 0) is 43.6 Å². The van der Waals surface area contributed by atoms with E-state index in [0.717, 1.165) is 16.7 Å². The summed E-state index contributed by atoms with van der Waals surface area (Å²) in [5.74, 6) is -0.492. The number of rotatable bonds is 13. The summed E-state index contributed by atoms with van der Waals surface area (Å²) >= 11 is 0. The van der Waals surface area contributed by atoms with Crippen LogP contribution >= 0.6 is 0 Å². The average Bonchev–Trinajstić information content (AvgIpc) is 2.95. The molecule has 0 amide bonds. The van der Waals surface area contributed by atoms with Crippen molar-refractivity contribution >= 4 is 11.7 Å². The van der Waals surface area contributed by atoms with Gasteiger partial charge in [-0.15, -0.1) is 0 Å². The van der Waals surface area contributed by atoms with E-state index in [9.17, 15) is 9.90 Å². The molecule has 200 valence electrons. The van der Waals surface area contributed by atoms with E-state index >= 15 is 0 Å². The van der Waals surface area contributed by atoms with Crippen LogP contribution in [0.25, 0.3) is 0 Å². The van der Waals surface area contributed by atoms with Crippen LogP contribution in [0.5, 0.6) is 0 Å². The largest absolute Gasteiger partial charge is 0.466 e. The van der Waals surface area contributed by atoms with Crippen LogP contribution in [0, 0.1) is 0 Å². The fourth-order valence-electron chi connectivity index (χ4n) is 4.36. The molecule has 3 aromatic rings. The minimum atomic E-state index is -1.16. The number of nitrogens with zero attached hydrogens (tertiary/aromatic N) is 1. The summed E-state index contributed by atoms with van der Waals surface area (Å²) in [4.78, 5) is 16.8. The fourth-order valence-corrected chi connectivity index (χ4v) is 4.36. The first-order chi connectivity index (χ1) is 18.6. The molecule has 0 radical (unpaired) electrons. The van der Waals surface area contributed by atoms with Crippen LogP contribution in [0.4, 0.5) is 0 Å². The number of aliphatic imine (C=N–C) groups is 1. The Morgan fingerprint density at radius 1 is 0.816 bits per heavy atom.